The molecule has 0 saturated heterocycles. The molecule has 0 saturated carbocycles. The number of hydrogen-bond acceptors (Lipinski definition) is 3. The van der Waals surface area contributed by atoms with Gasteiger partial charge >= 0.3 is 0 Å². The molecule has 0 spiro atoms. The summed E-state index contributed by atoms with van der Waals surface area (Å²) in [5.74, 6) is 0. The highest BCUT2D eigenvalue weighted by atomic mass is 32.1. The highest BCUT2D eigenvalue weighted by Gasteiger charge is 2.22. The van der Waals surface area contributed by atoms with Crippen LogP contribution in [0.4, 0.5) is 17.1 Å². The van der Waals surface area contributed by atoms with Gasteiger partial charge in [0.1, 0.15) is 0 Å². The van der Waals surface area contributed by atoms with E-state index in [4.69, 9.17) is 0 Å². The van der Waals surface area contributed by atoms with Crippen molar-refractivity contribution in [2.24, 2.45) is 0 Å². The molecule has 0 radical (unpaired) electrons. The standard InChI is InChI=1S/C46H29NS2/c1-3-13-31(14-4-1)36-19-11-20-39-38-25-24-35(29-43(38)49-45(36)39)47(34-23-22-30-12-7-8-17-33(30)28-34)41-27-26-37(32-15-5-2-6-16-32)46-44(41)40-18-9-10-21-42(40)48-46/h1-29H. The van der Waals surface area contributed by atoms with Crippen LogP contribution in [0.25, 0.3) is 73.4 Å². The predicted molar refractivity (Wildman–Crippen MR) is 215 cm³/mol. The third-order valence-electron chi connectivity index (χ3n) is 9.65. The summed E-state index contributed by atoms with van der Waals surface area (Å²) in [6, 6.07) is 64.3. The fourth-order valence-corrected chi connectivity index (χ4v) is 9.89. The number of fused-ring (bicyclic) bond motifs is 7. The van der Waals surface area contributed by atoms with Crippen molar-refractivity contribution in [3.05, 3.63) is 176 Å². The number of benzene rings is 8. The van der Waals surface area contributed by atoms with Gasteiger partial charge in [-0.25, -0.2) is 0 Å². The van der Waals surface area contributed by atoms with Crippen molar-refractivity contribution in [2.75, 3.05) is 4.90 Å². The molecule has 0 unspecified atom stereocenters. The van der Waals surface area contributed by atoms with Crippen molar-refractivity contribution in [2.45, 2.75) is 0 Å². The summed E-state index contributed by atoms with van der Waals surface area (Å²) >= 11 is 3.78. The molecule has 3 heteroatoms. The van der Waals surface area contributed by atoms with Gasteiger partial charge in [-0.3, -0.25) is 0 Å². The normalized spacial score (nSPS) is 11.7. The first-order chi connectivity index (χ1) is 24.3. The maximum Gasteiger partial charge on any atom is 0.0555 e. The zero-order valence-electron chi connectivity index (χ0n) is 26.5. The van der Waals surface area contributed by atoms with Gasteiger partial charge in [0, 0.05) is 51.7 Å². The molecule has 8 aromatic carbocycles. The molecule has 10 rings (SSSR count). The van der Waals surface area contributed by atoms with Gasteiger partial charge < -0.3 is 4.90 Å². The summed E-state index contributed by atoms with van der Waals surface area (Å²) in [5.41, 5.74) is 8.54. The summed E-state index contributed by atoms with van der Waals surface area (Å²) in [4.78, 5) is 2.48. The zero-order valence-corrected chi connectivity index (χ0v) is 28.1. The van der Waals surface area contributed by atoms with Crippen LogP contribution < -0.4 is 4.90 Å². The lowest BCUT2D eigenvalue weighted by Crippen LogP contribution is -2.10. The van der Waals surface area contributed by atoms with E-state index in [-0.39, 0.29) is 0 Å². The third-order valence-corrected chi connectivity index (χ3v) is 12.1. The van der Waals surface area contributed by atoms with E-state index < -0.39 is 0 Å². The molecule has 0 aliphatic heterocycles. The fraction of sp³-hybridized carbons (Fsp3) is 0. The Bertz CT molecular complexity index is 2830. The summed E-state index contributed by atoms with van der Waals surface area (Å²) in [6.07, 6.45) is 0. The Morgan fingerprint density at radius 3 is 1.82 bits per heavy atom. The Kier molecular flexibility index (Phi) is 6.61. The van der Waals surface area contributed by atoms with Crippen LogP contribution in [0.15, 0.2) is 176 Å². The Hall–Kier alpha value is -5.74. The smallest absolute Gasteiger partial charge is 0.0555 e. The lowest BCUT2D eigenvalue weighted by Gasteiger charge is -2.27. The van der Waals surface area contributed by atoms with Gasteiger partial charge in [0.25, 0.3) is 0 Å². The molecule has 2 heterocycles. The maximum absolute atomic E-state index is 2.48. The van der Waals surface area contributed by atoms with Crippen LogP contribution >= 0.6 is 22.7 Å². The average molecular weight is 660 g/mol. The van der Waals surface area contributed by atoms with E-state index in [0.29, 0.717) is 0 Å². The van der Waals surface area contributed by atoms with E-state index in [1.165, 1.54) is 79.1 Å². The summed E-state index contributed by atoms with van der Waals surface area (Å²) in [7, 11) is 0. The second-order valence-corrected chi connectivity index (χ2v) is 14.6. The molecular weight excluding hydrogens is 631 g/mol. The third kappa shape index (κ3) is 4.66. The van der Waals surface area contributed by atoms with E-state index >= 15 is 0 Å². The molecule has 49 heavy (non-hydrogen) atoms. The van der Waals surface area contributed by atoms with Crippen molar-refractivity contribution in [1.82, 2.24) is 0 Å². The second kappa shape index (κ2) is 11.5. The molecule has 2 aromatic heterocycles. The van der Waals surface area contributed by atoms with Gasteiger partial charge in [-0.1, -0.05) is 140 Å². The van der Waals surface area contributed by atoms with Crippen molar-refractivity contribution >= 4 is 90.9 Å². The molecule has 0 N–H and O–H groups in total. The number of anilines is 3. The number of thiophene rings is 2. The lowest BCUT2D eigenvalue weighted by molar-refractivity contribution is 1.31. The highest BCUT2D eigenvalue weighted by molar-refractivity contribution is 7.26. The lowest BCUT2D eigenvalue weighted by atomic mass is 9.99. The Labute approximate surface area is 292 Å². The topological polar surface area (TPSA) is 3.24 Å². The van der Waals surface area contributed by atoms with Gasteiger partial charge in [0.2, 0.25) is 0 Å². The van der Waals surface area contributed by atoms with E-state index in [1.54, 1.807) is 0 Å². The minimum Gasteiger partial charge on any atom is -0.310 e. The average Bonchev–Trinajstić information content (AvgIpc) is 3.74. The van der Waals surface area contributed by atoms with Gasteiger partial charge in [-0.05, 0) is 69.4 Å². The molecule has 0 amide bonds. The van der Waals surface area contributed by atoms with Crippen molar-refractivity contribution in [3.8, 4) is 22.3 Å². The zero-order chi connectivity index (χ0) is 32.3. The Morgan fingerprint density at radius 2 is 1.00 bits per heavy atom. The molecule has 0 bridgehead atoms. The largest absolute Gasteiger partial charge is 0.310 e. The summed E-state index contributed by atoms with van der Waals surface area (Å²) in [6.45, 7) is 0. The first kappa shape index (κ1) is 28.3. The van der Waals surface area contributed by atoms with Crippen molar-refractivity contribution < 1.29 is 0 Å². The Morgan fingerprint density at radius 1 is 0.367 bits per heavy atom. The SMILES string of the molecule is c1ccc(-c2cccc3c2sc2cc(N(c4ccc5ccccc5c4)c4ccc(-c5ccccc5)c5sc6ccccc6c45)ccc23)cc1. The fourth-order valence-electron chi connectivity index (χ4n) is 7.36. The summed E-state index contributed by atoms with van der Waals surface area (Å²) in [5, 5.41) is 7.65. The molecule has 0 aliphatic rings. The minimum atomic E-state index is 1.15. The van der Waals surface area contributed by atoms with E-state index in [0.717, 1.165) is 11.4 Å². The number of hydrogen-bond donors (Lipinski definition) is 0. The molecule has 0 aliphatic carbocycles. The van der Waals surface area contributed by atoms with E-state index in [1.807, 2.05) is 22.7 Å². The van der Waals surface area contributed by atoms with Crippen LogP contribution in [-0.2, 0) is 0 Å². The van der Waals surface area contributed by atoms with Gasteiger partial charge in [-0.15, -0.1) is 22.7 Å². The van der Waals surface area contributed by atoms with Crippen LogP contribution in [0.5, 0.6) is 0 Å². The highest BCUT2D eigenvalue weighted by Crippen LogP contribution is 2.49. The van der Waals surface area contributed by atoms with Crippen LogP contribution in [0.2, 0.25) is 0 Å². The summed E-state index contributed by atoms with van der Waals surface area (Å²) < 4.78 is 5.23. The number of nitrogens with zero attached hydrogens (tertiary/aromatic N) is 1. The van der Waals surface area contributed by atoms with Crippen LogP contribution in [-0.4, -0.2) is 0 Å². The van der Waals surface area contributed by atoms with E-state index in [9.17, 15) is 0 Å². The van der Waals surface area contributed by atoms with Gasteiger partial charge in [0.15, 0.2) is 0 Å². The first-order valence-corrected chi connectivity index (χ1v) is 18.2. The number of rotatable bonds is 5. The first-order valence-electron chi connectivity index (χ1n) is 16.6. The minimum absolute atomic E-state index is 1.15. The van der Waals surface area contributed by atoms with Crippen molar-refractivity contribution in [3.63, 3.8) is 0 Å². The Balaban J connectivity index is 1.25. The van der Waals surface area contributed by atoms with Crippen LogP contribution in [0.1, 0.15) is 0 Å². The molecule has 230 valence electrons. The van der Waals surface area contributed by atoms with E-state index in [2.05, 4.69) is 181 Å². The van der Waals surface area contributed by atoms with Crippen LogP contribution in [0, 0.1) is 0 Å². The van der Waals surface area contributed by atoms with Gasteiger partial charge in [-0.2, -0.15) is 0 Å². The van der Waals surface area contributed by atoms with Crippen molar-refractivity contribution in [1.29, 1.82) is 0 Å². The molecule has 0 fully saturated rings. The molecule has 0 atom stereocenters. The molecular formula is C46H29NS2. The molecule has 1 nitrogen and oxygen atoms in total. The predicted octanol–water partition coefficient (Wildman–Crippen LogP) is 14.4. The molecule has 10 aromatic rings. The van der Waals surface area contributed by atoms with Crippen LogP contribution in [0.3, 0.4) is 0 Å². The maximum atomic E-state index is 2.48. The quantitative estimate of drug-likeness (QED) is 0.178. The van der Waals surface area contributed by atoms with Gasteiger partial charge in [0.05, 0.1) is 5.69 Å². The second-order valence-electron chi connectivity index (χ2n) is 12.5. The monoisotopic (exact) mass is 659 g/mol.